The standard InChI is InChI=1S/C25H24N4O2/c1-3-21-15(2)10-22(31-21)29-14-28-23-24(29)26-13-27-25(23)30-18-8-9-20-17(12-18)11-16-6-4-5-7-19(16)20/h4-9,12-15,21-22H,3,10-11H2,1-2H3/t15-,21?,22?/m1/s1. The summed E-state index contributed by atoms with van der Waals surface area (Å²) in [6.45, 7) is 4.40. The van der Waals surface area contributed by atoms with Crippen molar-refractivity contribution in [2.24, 2.45) is 5.92 Å². The minimum absolute atomic E-state index is 0.0498. The zero-order chi connectivity index (χ0) is 20.9. The molecule has 4 aromatic rings. The zero-order valence-corrected chi connectivity index (χ0v) is 17.7. The fourth-order valence-electron chi connectivity index (χ4n) is 4.95. The van der Waals surface area contributed by atoms with Gasteiger partial charge in [-0.2, -0.15) is 4.98 Å². The molecule has 0 spiro atoms. The molecule has 0 bridgehead atoms. The van der Waals surface area contributed by atoms with Gasteiger partial charge in [-0.05, 0) is 59.6 Å². The molecule has 6 nitrogen and oxygen atoms in total. The number of rotatable bonds is 4. The molecule has 156 valence electrons. The Hall–Kier alpha value is -3.25. The van der Waals surface area contributed by atoms with Crippen LogP contribution in [0.3, 0.4) is 0 Å². The van der Waals surface area contributed by atoms with Gasteiger partial charge in [0.05, 0.1) is 12.4 Å². The second kappa shape index (κ2) is 7.17. The molecule has 1 aliphatic carbocycles. The lowest BCUT2D eigenvalue weighted by atomic mass is 10.0. The van der Waals surface area contributed by atoms with Crippen LogP contribution in [0.5, 0.6) is 11.6 Å². The van der Waals surface area contributed by atoms with Gasteiger partial charge in [-0.25, -0.2) is 9.97 Å². The van der Waals surface area contributed by atoms with Crippen LogP contribution in [0, 0.1) is 5.92 Å². The molecule has 1 aliphatic heterocycles. The highest BCUT2D eigenvalue weighted by molar-refractivity contribution is 5.78. The highest BCUT2D eigenvalue weighted by Crippen LogP contribution is 2.40. The van der Waals surface area contributed by atoms with Crippen LogP contribution in [0.25, 0.3) is 22.3 Å². The molecule has 1 saturated heterocycles. The molecule has 31 heavy (non-hydrogen) atoms. The first-order chi connectivity index (χ1) is 15.2. The van der Waals surface area contributed by atoms with Gasteiger partial charge in [-0.15, -0.1) is 0 Å². The van der Waals surface area contributed by atoms with Gasteiger partial charge >= 0.3 is 0 Å². The number of benzene rings is 2. The van der Waals surface area contributed by atoms with Crippen LogP contribution in [-0.2, 0) is 11.2 Å². The summed E-state index contributed by atoms with van der Waals surface area (Å²) in [6, 6.07) is 14.8. The van der Waals surface area contributed by atoms with Crippen molar-refractivity contribution in [1.29, 1.82) is 0 Å². The molecular formula is C25H24N4O2. The molecule has 0 radical (unpaired) electrons. The molecule has 3 heterocycles. The molecule has 0 N–H and O–H groups in total. The first-order valence-corrected chi connectivity index (χ1v) is 10.9. The largest absolute Gasteiger partial charge is 0.437 e. The minimum atomic E-state index is -0.0498. The third-order valence-electron chi connectivity index (χ3n) is 6.56. The fraction of sp³-hybridized carbons (Fsp3) is 0.320. The number of fused-ring (bicyclic) bond motifs is 4. The van der Waals surface area contributed by atoms with E-state index in [4.69, 9.17) is 9.47 Å². The second-order valence-electron chi connectivity index (χ2n) is 8.51. The van der Waals surface area contributed by atoms with E-state index in [9.17, 15) is 0 Å². The summed E-state index contributed by atoms with van der Waals surface area (Å²) < 4.78 is 14.4. The van der Waals surface area contributed by atoms with E-state index in [1.807, 2.05) is 10.6 Å². The van der Waals surface area contributed by atoms with Crippen molar-refractivity contribution in [3.05, 3.63) is 66.2 Å². The van der Waals surface area contributed by atoms with Crippen LogP contribution in [0.1, 0.15) is 44.0 Å². The molecule has 6 heteroatoms. The predicted molar refractivity (Wildman–Crippen MR) is 118 cm³/mol. The van der Waals surface area contributed by atoms with Gasteiger partial charge in [0.15, 0.2) is 11.2 Å². The summed E-state index contributed by atoms with van der Waals surface area (Å²) in [5.41, 5.74) is 6.61. The lowest BCUT2D eigenvalue weighted by Gasteiger charge is -2.14. The van der Waals surface area contributed by atoms with Crippen LogP contribution in [0.4, 0.5) is 0 Å². The Morgan fingerprint density at radius 2 is 1.94 bits per heavy atom. The lowest BCUT2D eigenvalue weighted by Crippen LogP contribution is -2.12. The Bertz CT molecular complexity index is 1280. The minimum Gasteiger partial charge on any atom is -0.437 e. The van der Waals surface area contributed by atoms with E-state index in [1.54, 1.807) is 6.33 Å². The van der Waals surface area contributed by atoms with Gasteiger partial charge in [0.1, 0.15) is 18.3 Å². The molecule has 2 unspecified atom stereocenters. The molecule has 2 aliphatic rings. The third kappa shape index (κ3) is 3.01. The summed E-state index contributed by atoms with van der Waals surface area (Å²) >= 11 is 0. The Labute approximate surface area is 180 Å². The first-order valence-electron chi connectivity index (χ1n) is 10.9. The number of imidazole rings is 1. The Morgan fingerprint density at radius 3 is 2.81 bits per heavy atom. The van der Waals surface area contributed by atoms with Crippen LogP contribution in [0.15, 0.2) is 55.1 Å². The van der Waals surface area contributed by atoms with Crippen LogP contribution in [-0.4, -0.2) is 25.6 Å². The monoisotopic (exact) mass is 412 g/mol. The molecule has 1 fully saturated rings. The predicted octanol–water partition coefficient (Wildman–Crippen LogP) is 5.52. The van der Waals surface area contributed by atoms with E-state index in [-0.39, 0.29) is 12.3 Å². The molecule has 0 amide bonds. The van der Waals surface area contributed by atoms with Crippen molar-refractivity contribution in [2.75, 3.05) is 0 Å². The normalized spacial score (nSPS) is 21.9. The number of nitrogens with zero attached hydrogens (tertiary/aromatic N) is 4. The molecule has 6 rings (SSSR count). The smallest absolute Gasteiger partial charge is 0.250 e. The van der Waals surface area contributed by atoms with Gasteiger partial charge in [0.2, 0.25) is 0 Å². The van der Waals surface area contributed by atoms with Crippen molar-refractivity contribution >= 4 is 11.2 Å². The molecule has 2 aromatic heterocycles. The zero-order valence-electron chi connectivity index (χ0n) is 17.7. The topological polar surface area (TPSA) is 62.1 Å². The van der Waals surface area contributed by atoms with Crippen molar-refractivity contribution in [1.82, 2.24) is 19.5 Å². The Morgan fingerprint density at radius 1 is 1.06 bits per heavy atom. The lowest BCUT2D eigenvalue weighted by molar-refractivity contribution is -0.00304. The summed E-state index contributed by atoms with van der Waals surface area (Å²) in [7, 11) is 0. The van der Waals surface area contributed by atoms with E-state index in [2.05, 4.69) is 65.2 Å². The first kappa shape index (κ1) is 18.5. The average Bonchev–Trinajstić information content (AvgIpc) is 3.48. The van der Waals surface area contributed by atoms with Crippen molar-refractivity contribution < 1.29 is 9.47 Å². The Balaban J connectivity index is 1.30. The molecule has 2 aromatic carbocycles. The summed E-state index contributed by atoms with van der Waals surface area (Å²) in [4.78, 5) is 13.4. The fourth-order valence-corrected chi connectivity index (χ4v) is 4.95. The van der Waals surface area contributed by atoms with Crippen molar-refractivity contribution in [3.63, 3.8) is 0 Å². The average molecular weight is 412 g/mol. The highest BCUT2D eigenvalue weighted by Gasteiger charge is 2.33. The van der Waals surface area contributed by atoms with Crippen LogP contribution >= 0.6 is 0 Å². The summed E-state index contributed by atoms with van der Waals surface area (Å²) in [5, 5.41) is 0. The van der Waals surface area contributed by atoms with Crippen molar-refractivity contribution in [3.8, 4) is 22.8 Å². The van der Waals surface area contributed by atoms with E-state index < -0.39 is 0 Å². The molecule has 3 atom stereocenters. The quantitative estimate of drug-likeness (QED) is 0.389. The SMILES string of the molecule is CCC1OC(n2cnc3c(Oc4ccc5c(c4)Cc4ccccc4-5)ncnc32)C[C@H]1C. The van der Waals surface area contributed by atoms with Gasteiger partial charge < -0.3 is 9.47 Å². The van der Waals surface area contributed by atoms with Crippen LogP contribution < -0.4 is 4.74 Å². The number of ether oxygens (including phenoxy) is 2. The molecular weight excluding hydrogens is 388 g/mol. The highest BCUT2D eigenvalue weighted by atomic mass is 16.5. The van der Waals surface area contributed by atoms with Gasteiger partial charge in [-0.3, -0.25) is 4.57 Å². The van der Waals surface area contributed by atoms with Gasteiger partial charge in [0.25, 0.3) is 5.88 Å². The van der Waals surface area contributed by atoms with E-state index in [0.29, 0.717) is 17.3 Å². The number of aromatic nitrogens is 4. The van der Waals surface area contributed by atoms with Crippen molar-refractivity contribution in [2.45, 2.75) is 45.4 Å². The number of hydrogen-bond acceptors (Lipinski definition) is 5. The second-order valence-corrected chi connectivity index (χ2v) is 8.51. The van der Waals surface area contributed by atoms with Gasteiger partial charge in [0, 0.05) is 0 Å². The summed E-state index contributed by atoms with van der Waals surface area (Å²) in [6.07, 6.45) is 6.44. The Kier molecular flexibility index (Phi) is 4.28. The maximum atomic E-state index is 6.24. The van der Waals surface area contributed by atoms with Crippen LogP contribution in [0.2, 0.25) is 0 Å². The maximum Gasteiger partial charge on any atom is 0.250 e. The third-order valence-corrected chi connectivity index (χ3v) is 6.56. The van der Waals surface area contributed by atoms with E-state index in [0.717, 1.165) is 30.7 Å². The van der Waals surface area contributed by atoms with E-state index in [1.165, 1.54) is 28.6 Å². The maximum absolute atomic E-state index is 6.24. The van der Waals surface area contributed by atoms with E-state index >= 15 is 0 Å². The summed E-state index contributed by atoms with van der Waals surface area (Å²) in [5.74, 6) is 1.75. The van der Waals surface area contributed by atoms with Gasteiger partial charge in [-0.1, -0.05) is 44.2 Å². The molecule has 0 saturated carbocycles. The number of hydrogen-bond donors (Lipinski definition) is 0.